The van der Waals surface area contributed by atoms with Crippen LogP contribution in [0.4, 0.5) is 0 Å². The monoisotopic (exact) mass is 281 g/mol. The largest absolute Gasteiger partial charge is 0.488 e. The minimum absolute atomic E-state index is 0.387. The predicted octanol–water partition coefficient (Wildman–Crippen LogP) is 4.36. The van der Waals surface area contributed by atoms with Crippen LogP contribution < -0.4 is 4.74 Å². The Labute approximate surface area is 117 Å². The average molecular weight is 282 g/mol. The molecule has 18 heavy (non-hydrogen) atoms. The molecule has 0 radical (unpaired) electrons. The first-order valence-corrected chi connectivity index (χ1v) is 6.49. The lowest BCUT2D eigenvalue weighted by atomic mass is 10.2. The lowest BCUT2D eigenvalue weighted by molar-refractivity contribution is 0.303. The van der Waals surface area contributed by atoms with E-state index in [4.69, 9.17) is 27.9 Å². The fraction of sp³-hybridized carbons (Fsp3) is 0.214. The van der Waals surface area contributed by atoms with E-state index in [1.807, 2.05) is 37.3 Å². The highest BCUT2D eigenvalue weighted by atomic mass is 35.5. The van der Waals surface area contributed by atoms with Gasteiger partial charge in [0.25, 0.3) is 0 Å². The predicted molar refractivity (Wildman–Crippen MR) is 74.3 cm³/mol. The molecule has 2 nitrogen and oxygen atoms in total. The number of hydrogen-bond acceptors (Lipinski definition) is 2. The summed E-state index contributed by atoms with van der Waals surface area (Å²) in [5, 5.41) is 0.708. The molecule has 0 aliphatic rings. The molecule has 0 aliphatic heterocycles. The Kier molecular flexibility index (Phi) is 4.45. The van der Waals surface area contributed by atoms with Crippen molar-refractivity contribution in [3.8, 4) is 5.75 Å². The summed E-state index contributed by atoms with van der Waals surface area (Å²) in [5.41, 5.74) is 2.83. The minimum Gasteiger partial charge on any atom is -0.488 e. The molecular formula is C14H13Cl2NO. The molecule has 2 rings (SSSR count). The highest BCUT2D eigenvalue weighted by Gasteiger charge is 2.04. The molecule has 1 aromatic carbocycles. The van der Waals surface area contributed by atoms with Crippen molar-refractivity contribution >= 4 is 23.2 Å². The molecule has 0 saturated carbocycles. The van der Waals surface area contributed by atoms with E-state index in [0.717, 1.165) is 22.6 Å². The fourth-order valence-electron chi connectivity index (χ4n) is 1.59. The molecular weight excluding hydrogens is 269 g/mol. The zero-order valence-electron chi connectivity index (χ0n) is 9.99. The molecule has 2 aromatic rings. The molecule has 94 valence electrons. The van der Waals surface area contributed by atoms with Crippen molar-refractivity contribution in [1.82, 2.24) is 4.98 Å². The van der Waals surface area contributed by atoms with Gasteiger partial charge >= 0.3 is 0 Å². The van der Waals surface area contributed by atoms with Gasteiger partial charge in [0, 0.05) is 28.5 Å². The number of alkyl halides is 1. The summed E-state index contributed by atoms with van der Waals surface area (Å²) >= 11 is 11.8. The maximum Gasteiger partial charge on any atom is 0.127 e. The summed E-state index contributed by atoms with van der Waals surface area (Å²) in [4.78, 5) is 4.19. The van der Waals surface area contributed by atoms with Crippen LogP contribution >= 0.6 is 23.2 Å². The number of ether oxygens (including phenoxy) is 1. The summed E-state index contributed by atoms with van der Waals surface area (Å²) in [6, 6.07) is 9.49. The van der Waals surface area contributed by atoms with E-state index in [-0.39, 0.29) is 0 Å². The van der Waals surface area contributed by atoms with Gasteiger partial charge in [0.05, 0.1) is 5.88 Å². The summed E-state index contributed by atoms with van der Waals surface area (Å²) in [7, 11) is 0. The smallest absolute Gasteiger partial charge is 0.127 e. The molecule has 0 saturated heterocycles. The van der Waals surface area contributed by atoms with E-state index in [0.29, 0.717) is 17.5 Å². The number of aryl methyl sites for hydroxylation is 1. The van der Waals surface area contributed by atoms with Gasteiger partial charge in [-0.3, -0.25) is 4.98 Å². The normalized spacial score (nSPS) is 10.4. The summed E-state index contributed by atoms with van der Waals surface area (Å²) in [6.45, 7) is 2.39. The summed E-state index contributed by atoms with van der Waals surface area (Å²) in [5.74, 6) is 1.16. The van der Waals surface area contributed by atoms with E-state index >= 15 is 0 Å². The number of hydrogen-bond donors (Lipinski definition) is 0. The lowest BCUT2D eigenvalue weighted by Gasteiger charge is -2.10. The quantitative estimate of drug-likeness (QED) is 0.777. The van der Waals surface area contributed by atoms with E-state index in [2.05, 4.69) is 4.98 Å². The standard InChI is InChI=1S/C14H13Cl2NO/c1-10-5-14(12(7-15)8-17-10)18-9-11-3-2-4-13(16)6-11/h2-6,8H,7,9H2,1H3. The Morgan fingerprint density at radius 3 is 2.83 bits per heavy atom. The SMILES string of the molecule is Cc1cc(OCc2cccc(Cl)c2)c(CCl)cn1. The van der Waals surface area contributed by atoms with Crippen LogP contribution in [-0.2, 0) is 12.5 Å². The zero-order valence-corrected chi connectivity index (χ0v) is 11.5. The van der Waals surface area contributed by atoms with Crippen LogP contribution in [0.2, 0.25) is 5.02 Å². The Morgan fingerprint density at radius 2 is 2.11 bits per heavy atom. The van der Waals surface area contributed by atoms with Crippen LogP contribution in [-0.4, -0.2) is 4.98 Å². The van der Waals surface area contributed by atoms with Crippen LogP contribution in [0.25, 0.3) is 0 Å². The van der Waals surface area contributed by atoms with Crippen molar-refractivity contribution < 1.29 is 4.74 Å². The van der Waals surface area contributed by atoms with Crippen molar-refractivity contribution in [2.75, 3.05) is 0 Å². The summed E-state index contributed by atoms with van der Waals surface area (Å²) < 4.78 is 5.77. The third-order valence-electron chi connectivity index (χ3n) is 2.51. The van der Waals surface area contributed by atoms with Gasteiger partial charge in [0.1, 0.15) is 12.4 Å². The average Bonchev–Trinajstić information content (AvgIpc) is 2.37. The van der Waals surface area contributed by atoms with Gasteiger partial charge in [-0.05, 0) is 24.6 Å². The Balaban J connectivity index is 2.12. The number of benzene rings is 1. The second-order valence-corrected chi connectivity index (χ2v) is 4.69. The van der Waals surface area contributed by atoms with Crippen molar-refractivity contribution in [3.63, 3.8) is 0 Å². The number of halogens is 2. The van der Waals surface area contributed by atoms with Gasteiger partial charge in [-0.2, -0.15) is 0 Å². The maximum atomic E-state index is 5.92. The lowest BCUT2D eigenvalue weighted by Crippen LogP contribution is -1.99. The van der Waals surface area contributed by atoms with Gasteiger partial charge in [-0.25, -0.2) is 0 Å². The molecule has 0 amide bonds. The van der Waals surface area contributed by atoms with Crippen molar-refractivity contribution in [3.05, 3.63) is 58.4 Å². The molecule has 0 bridgehead atoms. The maximum absolute atomic E-state index is 5.92. The number of nitrogens with zero attached hydrogens (tertiary/aromatic N) is 1. The van der Waals surface area contributed by atoms with Crippen molar-refractivity contribution in [2.45, 2.75) is 19.4 Å². The molecule has 0 fully saturated rings. The Bertz CT molecular complexity index is 543. The third kappa shape index (κ3) is 3.37. The molecule has 0 aliphatic carbocycles. The second-order valence-electron chi connectivity index (χ2n) is 3.99. The van der Waals surface area contributed by atoms with Gasteiger partial charge < -0.3 is 4.74 Å². The fourth-order valence-corrected chi connectivity index (χ4v) is 2.00. The van der Waals surface area contributed by atoms with Crippen LogP contribution in [0, 0.1) is 6.92 Å². The van der Waals surface area contributed by atoms with E-state index in [1.54, 1.807) is 6.20 Å². The van der Waals surface area contributed by atoms with Gasteiger partial charge in [0.2, 0.25) is 0 Å². The minimum atomic E-state index is 0.387. The molecule has 1 aromatic heterocycles. The second kappa shape index (κ2) is 6.07. The molecule has 4 heteroatoms. The van der Waals surface area contributed by atoms with Crippen LogP contribution in [0.3, 0.4) is 0 Å². The van der Waals surface area contributed by atoms with Crippen molar-refractivity contribution in [1.29, 1.82) is 0 Å². The van der Waals surface area contributed by atoms with E-state index in [1.165, 1.54) is 0 Å². The molecule has 1 heterocycles. The van der Waals surface area contributed by atoms with Crippen LogP contribution in [0.15, 0.2) is 36.5 Å². The Hall–Kier alpha value is -1.25. The zero-order chi connectivity index (χ0) is 13.0. The first-order chi connectivity index (χ1) is 8.69. The Morgan fingerprint density at radius 1 is 1.28 bits per heavy atom. The van der Waals surface area contributed by atoms with Crippen LogP contribution in [0.5, 0.6) is 5.75 Å². The first kappa shape index (κ1) is 13.2. The molecule has 0 N–H and O–H groups in total. The number of rotatable bonds is 4. The summed E-state index contributed by atoms with van der Waals surface area (Å²) in [6.07, 6.45) is 1.75. The van der Waals surface area contributed by atoms with E-state index < -0.39 is 0 Å². The van der Waals surface area contributed by atoms with Crippen molar-refractivity contribution in [2.24, 2.45) is 0 Å². The third-order valence-corrected chi connectivity index (χ3v) is 3.03. The highest BCUT2D eigenvalue weighted by molar-refractivity contribution is 6.30. The topological polar surface area (TPSA) is 22.1 Å². The highest BCUT2D eigenvalue weighted by Crippen LogP contribution is 2.22. The van der Waals surface area contributed by atoms with Gasteiger partial charge in [0.15, 0.2) is 0 Å². The molecule has 0 unspecified atom stereocenters. The molecule has 0 spiro atoms. The van der Waals surface area contributed by atoms with E-state index in [9.17, 15) is 0 Å². The van der Waals surface area contributed by atoms with Gasteiger partial charge in [-0.15, -0.1) is 11.6 Å². The molecule has 0 atom stereocenters. The first-order valence-electron chi connectivity index (χ1n) is 5.58. The van der Waals surface area contributed by atoms with Gasteiger partial charge in [-0.1, -0.05) is 23.7 Å². The van der Waals surface area contributed by atoms with Crippen LogP contribution in [0.1, 0.15) is 16.8 Å². The number of aromatic nitrogens is 1. The number of pyridine rings is 1.